The highest BCUT2D eigenvalue weighted by atomic mass is 35.5. The van der Waals surface area contributed by atoms with Gasteiger partial charge in [-0.15, -0.1) is 12.4 Å². The fourth-order valence-electron chi connectivity index (χ4n) is 2.16. The molecule has 0 saturated heterocycles. The van der Waals surface area contributed by atoms with Crippen LogP contribution in [0.25, 0.3) is 0 Å². The maximum Gasteiger partial charge on any atom is 0.231 e. The molecule has 0 spiro atoms. The molecule has 106 valence electrons. The van der Waals surface area contributed by atoms with Crippen LogP contribution in [-0.2, 0) is 0 Å². The Morgan fingerprint density at radius 1 is 1.32 bits per heavy atom. The Kier molecular flexibility index (Phi) is 5.63. The molecule has 19 heavy (non-hydrogen) atoms. The van der Waals surface area contributed by atoms with Crippen molar-refractivity contribution < 1.29 is 14.3 Å². The van der Waals surface area contributed by atoms with Crippen molar-refractivity contribution in [2.24, 2.45) is 0 Å². The van der Waals surface area contributed by atoms with Crippen LogP contribution in [0.5, 0.6) is 11.5 Å². The van der Waals surface area contributed by atoms with Crippen molar-refractivity contribution in [3.05, 3.63) is 23.8 Å². The van der Waals surface area contributed by atoms with Gasteiger partial charge in [0.05, 0.1) is 6.04 Å². The van der Waals surface area contributed by atoms with Crippen LogP contribution in [-0.4, -0.2) is 37.1 Å². The Labute approximate surface area is 120 Å². The SMILES string of the molecule is CCC(C(=O)c1ccc2c(c1)OCO2)N(C)CC.Cl. The number of ether oxygens (including phenoxy) is 2. The lowest BCUT2D eigenvalue weighted by molar-refractivity contribution is 0.0851. The molecule has 1 aromatic rings. The molecule has 0 saturated carbocycles. The molecule has 0 radical (unpaired) electrons. The molecule has 0 N–H and O–H groups in total. The third-order valence-electron chi connectivity index (χ3n) is 3.38. The minimum Gasteiger partial charge on any atom is -0.454 e. The van der Waals surface area contributed by atoms with Gasteiger partial charge in [0, 0.05) is 5.56 Å². The van der Waals surface area contributed by atoms with Crippen molar-refractivity contribution in [2.75, 3.05) is 20.4 Å². The van der Waals surface area contributed by atoms with Crippen LogP contribution in [0, 0.1) is 0 Å². The van der Waals surface area contributed by atoms with Gasteiger partial charge in [-0.3, -0.25) is 9.69 Å². The van der Waals surface area contributed by atoms with Gasteiger partial charge in [0.15, 0.2) is 17.3 Å². The molecule has 0 fully saturated rings. The van der Waals surface area contributed by atoms with Crippen LogP contribution >= 0.6 is 12.4 Å². The van der Waals surface area contributed by atoms with E-state index in [-0.39, 0.29) is 31.0 Å². The van der Waals surface area contributed by atoms with Gasteiger partial charge in [-0.25, -0.2) is 0 Å². The summed E-state index contributed by atoms with van der Waals surface area (Å²) in [5, 5.41) is 0. The van der Waals surface area contributed by atoms with Gasteiger partial charge in [0.25, 0.3) is 0 Å². The Morgan fingerprint density at radius 3 is 2.63 bits per heavy atom. The molecule has 1 unspecified atom stereocenters. The summed E-state index contributed by atoms with van der Waals surface area (Å²) < 4.78 is 10.5. The predicted octanol–water partition coefficient (Wildman–Crippen LogP) is 2.75. The fraction of sp³-hybridized carbons (Fsp3) is 0.500. The first-order chi connectivity index (χ1) is 8.67. The van der Waals surface area contributed by atoms with E-state index < -0.39 is 0 Å². The number of ketones is 1. The van der Waals surface area contributed by atoms with Gasteiger partial charge in [-0.05, 0) is 38.2 Å². The van der Waals surface area contributed by atoms with Crippen molar-refractivity contribution in [3.8, 4) is 11.5 Å². The Bertz CT molecular complexity index is 450. The molecule has 5 heteroatoms. The highest BCUT2D eigenvalue weighted by Crippen LogP contribution is 2.33. The van der Waals surface area contributed by atoms with E-state index in [0.717, 1.165) is 13.0 Å². The second-order valence-corrected chi connectivity index (χ2v) is 4.43. The number of hydrogen-bond donors (Lipinski definition) is 0. The van der Waals surface area contributed by atoms with Crippen molar-refractivity contribution in [1.82, 2.24) is 4.90 Å². The number of halogens is 1. The average molecular weight is 286 g/mol. The van der Waals surface area contributed by atoms with Crippen molar-refractivity contribution in [1.29, 1.82) is 0 Å². The van der Waals surface area contributed by atoms with Gasteiger partial charge >= 0.3 is 0 Å². The Morgan fingerprint density at radius 2 is 2.00 bits per heavy atom. The van der Waals surface area contributed by atoms with E-state index in [9.17, 15) is 4.79 Å². The largest absolute Gasteiger partial charge is 0.454 e. The molecule has 1 atom stereocenters. The third kappa shape index (κ3) is 3.19. The highest BCUT2D eigenvalue weighted by Gasteiger charge is 2.23. The van der Waals surface area contributed by atoms with Gasteiger partial charge < -0.3 is 9.47 Å². The summed E-state index contributed by atoms with van der Waals surface area (Å²) in [6.07, 6.45) is 0.803. The summed E-state index contributed by atoms with van der Waals surface area (Å²) in [6, 6.07) is 5.31. The Balaban J connectivity index is 0.00000180. The van der Waals surface area contributed by atoms with Crippen LogP contribution < -0.4 is 9.47 Å². The standard InChI is InChI=1S/C14H19NO3.ClH/c1-4-11(15(3)5-2)14(16)10-6-7-12-13(8-10)18-9-17-12;/h6-8,11H,4-5,9H2,1-3H3;1H. The van der Waals surface area contributed by atoms with Gasteiger partial charge in [-0.1, -0.05) is 13.8 Å². The first-order valence-electron chi connectivity index (χ1n) is 6.31. The zero-order valence-corrected chi connectivity index (χ0v) is 12.3. The first-order valence-corrected chi connectivity index (χ1v) is 6.31. The molecular weight excluding hydrogens is 266 g/mol. The normalized spacial score (nSPS) is 14.1. The van der Waals surface area contributed by atoms with E-state index in [4.69, 9.17) is 9.47 Å². The van der Waals surface area contributed by atoms with Gasteiger partial charge in [-0.2, -0.15) is 0 Å². The Hall–Kier alpha value is -1.26. The van der Waals surface area contributed by atoms with E-state index in [1.807, 2.05) is 20.0 Å². The molecule has 1 heterocycles. The monoisotopic (exact) mass is 285 g/mol. The van der Waals surface area contributed by atoms with E-state index in [0.29, 0.717) is 17.1 Å². The molecule has 1 aromatic carbocycles. The molecule has 1 aliphatic rings. The number of Topliss-reactive ketones (excluding diaryl/α,β-unsaturated/α-hetero) is 1. The summed E-state index contributed by atoms with van der Waals surface area (Å²) in [7, 11) is 1.97. The summed E-state index contributed by atoms with van der Waals surface area (Å²) in [4.78, 5) is 14.5. The molecule has 0 amide bonds. The molecule has 4 nitrogen and oxygen atoms in total. The van der Waals surface area contributed by atoms with Crippen molar-refractivity contribution in [3.63, 3.8) is 0 Å². The minimum atomic E-state index is -0.0737. The minimum absolute atomic E-state index is 0. The molecule has 0 aliphatic carbocycles. The second kappa shape index (κ2) is 6.78. The number of likely N-dealkylation sites (N-methyl/N-ethyl adjacent to an activating group) is 1. The first kappa shape index (κ1) is 15.8. The number of fused-ring (bicyclic) bond motifs is 1. The quantitative estimate of drug-likeness (QED) is 0.780. The molecule has 1 aliphatic heterocycles. The lowest BCUT2D eigenvalue weighted by Gasteiger charge is -2.24. The second-order valence-electron chi connectivity index (χ2n) is 4.43. The number of carbonyl (C=O) groups excluding carboxylic acids is 1. The third-order valence-corrected chi connectivity index (χ3v) is 3.38. The maximum atomic E-state index is 12.4. The van der Waals surface area contributed by atoms with Crippen LogP contribution in [0.2, 0.25) is 0 Å². The van der Waals surface area contributed by atoms with Crippen molar-refractivity contribution in [2.45, 2.75) is 26.3 Å². The summed E-state index contributed by atoms with van der Waals surface area (Å²) in [5.41, 5.74) is 0.686. The summed E-state index contributed by atoms with van der Waals surface area (Å²) in [6.45, 7) is 5.17. The maximum absolute atomic E-state index is 12.4. The number of benzene rings is 1. The van der Waals surface area contributed by atoms with Gasteiger partial charge in [0.2, 0.25) is 6.79 Å². The van der Waals surface area contributed by atoms with E-state index in [1.54, 1.807) is 12.1 Å². The molecule has 0 bridgehead atoms. The molecular formula is C14H20ClNO3. The zero-order valence-electron chi connectivity index (χ0n) is 11.5. The van der Waals surface area contributed by atoms with Crippen LogP contribution in [0.15, 0.2) is 18.2 Å². The number of nitrogens with zero attached hydrogens (tertiary/aromatic N) is 1. The predicted molar refractivity (Wildman–Crippen MR) is 76.5 cm³/mol. The van der Waals surface area contributed by atoms with Gasteiger partial charge in [0.1, 0.15) is 0 Å². The van der Waals surface area contributed by atoms with Crippen LogP contribution in [0.4, 0.5) is 0 Å². The molecule has 0 aromatic heterocycles. The van der Waals surface area contributed by atoms with Crippen molar-refractivity contribution >= 4 is 18.2 Å². The van der Waals surface area contributed by atoms with Crippen LogP contribution in [0.3, 0.4) is 0 Å². The van der Waals surface area contributed by atoms with E-state index in [1.165, 1.54) is 0 Å². The van der Waals surface area contributed by atoms with Crippen LogP contribution in [0.1, 0.15) is 30.6 Å². The lowest BCUT2D eigenvalue weighted by atomic mass is 10.0. The van der Waals surface area contributed by atoms with E-state index in [2.05, 4.69) is 11.8 Å². The lowest BCUT2D eigenvalue weighted by Crippen LogP contribution is -2.37. The summed E-state index contributed by atoms with van der Waals surface area (Å²) >= 11 is 0. The van der Waals surface area contributed by atoms with E-state index >= 15 is 0 Å². The highest BCUT2D eigenvalue weighted by molar-refractivity contribution is 6.00. The summed E-state index contributed by atoms with van der Waals surface area (Å²) in [5.74, 6) is 1.51. The number of hydrogen-bond acceptors (Lipinski definition) is 4. The topological polar surface area (TPSA) is 38.8 Å². The number of rotatable bonds is 5. The fourth-order valence-corrected chi connectivity index (χ4v) is 2.16. The number of carbonyl (C=O) groups is 1. The zero-order chi connectivity index (χ0) is 13.1. The molecule has 2 rings (SSSR count). The average Bonchev–Trinajstić information content (AvgIpc) is 2.86. The smallest absolute Gasteiger partial charge is 0.231 e.